The van der Waals surface area contributed by atoms with Gasteiger partial charge < -0.3 is 20.1 Å². The summed E-state index contributed by atoms with van der Waals surface area (Å²) >= 11 is 0. The first kappa shape index (κ1) is 19.7. The van der Waals surface area contributed by atoms with E-state index in [1.54, 1.807) is 12.1 Å². The Balaban J connectivity index is 1.40. The molecule has 6 nitrogen and oxygen atoms in total. The van der Waals surface area contributed by atoms with Crippen molar-refractivity contribution in [3.05, 3.63) is 82.2 Å². The molecule has 0 saturated heterocycles. The average Bonchev–Trinajstić information content (AvgIpc) is 3.55. The molecule has 31 heavy (non-hydrogen) atoms. The van der Waals surface area contributed by atoms with E-state index in [0.717, 1.165) is 55.2 Å². The van der Waals surface area contributed by atoms with Crippen LogP contribution in [0.15, 0.2) is 65.0 Å². The van der Waals surface area contributed by atoms with Crippen LogP contribution in [0.5, 0.6) is 0 Å². The largest absolute Gasteiger partial charge is 0.494 e. The fraction of sp³-hybridized carbons (Fsp3) is 0.360. The smallest absolute Gasteiger partial charge is 0.335 e. The number of aromatic carboxylic acids is 1. The van der Waals surface area contributed by atoms with Crippen molar-refractivity contribution >= 4 is 11.8 Å². The minimum atomic E-state index is -0.901. The molecule has 3 aliphatic rings. The minimum absolute atomic E-state index is 0.183. The summed E-state index contributed by atoms with van der Waals surface area (Å²) in [6.45, 7) is 5.18. The quantitative estimate of drug-likeness (QED) is 0.774. The van der Waals surface area contributed by atoms with Gasteiger partial charge in [0, 0.05) is 19.5 Å². The summed E-state index contributed by atoms with van der Waals surface area (Å²) in [7, 11) is 0. The zero-order valence-electron chi connectivity index (χ0n) is 17.7. The monoisotopic (exact) mass is 417 g/mol. The Morgan fingerprint density at radius 1 is 1.23 bits per heavy atom. The van der Waals surface area contributed by atoms with Gasteiger partial charge in [-0.1, -0.05) is 42.0 Å². The maximum Gasteiger partial charge on any atom is 0.335 e. The second-order valence-corrected chi connectivity index (χ2v) is 8.60. The first-order valence-electron chi connectivity index (χ1n) is 10.9. The molecule has 160 valence electrons. The fourth-order valence-electron chi connectivity index (χ4n) is 4.51. The number of carbonyl (C=O) groups is 1. The predicted molar refractivity (Wildman–Crippen MR) is 119 cm³/mol. The topological polar surface area (TPSA) is 74.2 Å². The molecule has 1 fully saturated rings. The molecule has 0 bridgehead atoms. The maximum absolute atomic E-state index is 11.2. The van der Waals surface area contributed by atoms with Crippen LogP contribution in [0.2, 0.25) is 0 Å². The summed E-state index contributed by atoms with van der Waals surface area (Å²) in [5, 5.41) is 12.9. The molecule has 2 aromatic rings. The van der Waals surface area contributed by atoms with Gasteiger partial charge in [-0.15, -0.1) is 0 Å². The number of aryl methyl sites for hydroxylation is 1. The van der Waals surface area contributed by atoms with Crippen molar-refractivity contribution < 1.29 is 14.6 Å². The molecule has 0 unspecified atom stereocenters. The van der Waals surface area contributed by atoms with Crippen molar-refractivity contribution in [2.24, 2.45) is 4.99 Å². The number of carboxylic acids is 1. The highest BCUT2D eigenvalue weighted by Gasteiger charge is 2.46. The second-order valence-electron chi connectivity index (χ2n) is 8.60. The Bertz CT molecular complexity index is 1070. The van der Waals surface area contributed by atoms with Crippen molar-refractivity contribution in [1.82, 2.24) is 10.2 Å². The SMILES string of the molecule is Cc1cccc(CN2CCOC3=C2C(NC2(c4ccc(C(=O)O)cc4)CC2)=NCC3)c1. The number of aliphatic imine (C=N–C) groups is 1. The highest BCUT2D eigenvalue weighted by atomic mass is 16.5. The lowest BCUT2D eigenvalue weighted by molar-refractivity contribution is 0.0697. The van der Waals surface area contributed by atoms with E-state index in [2.05, 4.69) is 41.4 Å². The minimum Gasteiger partial charge on any atom is -0.494 e. The van der Waals surface area contributed by atoms with Gasteiger partial charge in [0.25, 0.3) is 0 Å². The molecule has 0 radical (unpaired) electrons. The molecular weight excluding hydrogens is 390 g/mol. The number of rotatable bonds is 5. The van der Waals surface area contributed by atoms with Gasteiger partial charge in [0.05, 0.1) is 17.6 Å². The van der Waals surface area contributed by atoms with E-state index in [9.17, 15) is 9.90 Å². The fourth-order valence-corrected chi connectivity index (χ4v) is 4.51. The third-order valence-corrected chi connectivity index (χ3v) is 6.30. The Morgan fingerprint density at radius 2 is 2.03 bits per heavy atom. The first-order chi connectivity index (χ1) is 15.0. The van der Waals surface area contributed by atoms with Crippen LogP contribution in [0.3, 0.4) is 0 Å². The lowest BCUT2D eigenvalue weighted by Crippen LogP contribution is -2.45. The van der Waals surface area contributed by atoms with Crippen molar-refractivity contribution in [2.75, 3.05) is 19.7 Å². The van der Waals surface area contributed by atoms with Crippen LogP contribution >= 0.6 is 0 Å². The number of hydrogen-bond acceptors (Lipinski definition) is 5. The van der Waals surface area contributed by atoms with Gasteiger partial charge in [-0.25, -0.2) is 4.79 Å². The van der Waals surface area contributed by atoms with Crippen molar-refractivity contribution in [1.29, 1.82) is 0 Å². The number of hydrogen-bond donors (Lipinski definition) is 2. The molecule has 0 aromatic heterocycles. The average molecular weight is 418 g/mol. The number of nitrogens with one attached hydrogen (secondary N) is 1. The number of carboxylic acid groups (broad SMARTS) is 1. The molecule has 6 heteroatoms. The Hall–Kier alpha value is -3.28. The zero-order valence-corrected chi connectivity index (χ0v) is 17.7. The number of amidine groups is 1. The molecule has 5 rings (SSSR count). The van der Waals surface area contributed by atoms with Gasteiger partial charge >= 0.3 is 5.97 Å². The molecule has 1 saturated carbocycles. The highest BCUT2D eigenvalue weighted by Crippen LogP contribution is 2.46. The van der Waals surface area contributed by atoms with Crippen LogP contribution in [0.1, 0.15) is 46.3 Å². The maximum atomic E-state index is 11.2. The van der Waals surface area contributed by atoms with Gasteiger partial charge in [-0.3, -0.25) is 4.99 Å². The normalized spacial score (nSPS) is 19.3. The summed E-state index contributed by atoms with van der Waals surface area (Å²) < 4.78 is 6.04. The summed E-state index contributed by atoms with van der Waals surface area (Å²) in [4.78, 5) is 18.4. The van der Waals surface area contributed by atoms with Crippen LogP contribution < -0.4 is 5.32 Å². The molecule has 2 aromatic carbocycles. The molecule has 0 atom stereocenters. The third-order valence-electron chi connectivity index (χ3n) is 6.30. The van der Waals surface area contributed by atoms with E-state index >= 15 is 0 Å². The third kappa shape index (κ3) is 3.90. The molecule has 2 N–H and O–H groups in total. The number of ether oxygens (including phenoxy) is 1. The van der Waals surface area contributed by atoms with Crippen molar-refractivity contribution in [3.8, 4) is 0 Å². The van der Waals surface area contributed by atoms with E-state index in [0.29, 0.717) is 18.7 Å². The van der Waals surface area contributed by atoms with Gasteiger partial charge in [-0.05, 0) is 43.0 Å². The highest BCUT2D eigenvalue weighted by molar-refractivity contribution is 5.99. The standard InChI is InChI=1S/C25H27N3O3/c1-17-3-2-4-18(15-17)16-28-13-14-31-21-9-12-26-23(22(21)28)27-25(10-11-25)20-7-5-19(6-8-20)24(29)30/h2-8,15H,9-14,16H2,1H3,(H,26,27)(H,29,30). The summed E-state index contributed by atoms with van der Waals surface area (Å²) in [5.74, 6) is 1.02. The van der Waals surface area contributed by atoms with E-state index in [4.69, 9.17) is 9.73 Å². The van der Waals surface area contributed by atoms with Gasteiger partial charge in [0.1, 0.15) is 23.9 Å². The number of benzene rings is 2. The second kappa shape index (κ2) is 7.76. The Morgan fingerprint density at radius 3 is 2.74 bits per heavy atom. The zero-order chi connectivity index (χ0) is 21.4. The van der Waals surface area contributed by atoms with E-state index in [1.165, 1.54) is 11.1 Å². The van der Waals surface area contributed by atoms with E-state index < -0.39 is 5.97 Å². The van der Waals surface area contributed by atoms with Crippen LogP contribution in [0.4, 0.5) is 0 Å². The summed E-state index contributed by atoms with van der Waals surface area (Å²) in [6, 6.07) is 15.8. The lowest BCUT2D eigenvalue weighted by atomic mass is 10.0. The van der Waals surface area contributed by atoms with Crippen molar-refractivity contribution in [3.63, 3.8) is 0 Å². The van der Waals surface area contributed by atoms with E-state index in [1.807, 2.05) is 12.1 Å². The van der Waals surface area contributed by atoms with Crippen LogP contribution in [-0.4, -0.2) is 41.5 Å². The van der Waals surface area contributed by atoms with Gasteiger partial charge in [0.2, 0.25) is 0 Å². The van der Waals surface area contributed by atoms with Crippen LogP contribution in [0, 0.1) is 6.92 Å². The Labute approximate surface area is 182 Å². The van der Waals surface area contributed by atoms with Crippen LogP contribution in [0.25, 0.3) is 0 Å². The number of nitrogens with zero attached hydrogens (tertiary/aromatic N) is 2. The molecule has 1 aliphatic carbocycles. The molecule has 2 aliphatic heterocycles. The first-order valence-corrected chi connectivity index (χ1v) is 10.9. The van der Waals surface area contributed by atoms with Gasteiger partial charge in [-0.2, -0.15) is 0 Å². The summed E-state index contributed by atoms with van der Waals surface area (Å²) in [5.41, 5.74) is 4.85. The lowest BCUT2D eigenvalue weighted by Gasteiger charge is -2.37. The molecule has 2 heterocycles. The predicted octanol–water partition coefficient (Wildman–Crippen LogP) is 3.82. The van der Waals surface area contributed by atoms with Crippen molar-refractivity contribution in [2.45, 2.75) is 38.3 Å². The molecule has 0 spiro atoms. The Kier molecular flexibility index (Phi) is 4.93. The van der Waals surface area contributed by atoms with Crippen LogP contribution in [-0.2, 0) is 16.8 Å². The van der Waals surface area contributed by atoms with Gasteiger partial charge in [0.15, 0.2) is 0 Å². The number of dihydropyridines is 1. The summed E-state index contributed by atoms with van der Waals surface area (Å²) in [6.07, 6.45) is 2.82. The molecule has 0 amide bonds. The molecular formula is C25H27N3O3. The van der Waals surface area contributed by atoms with E-state index in [-0.39, 0.29) is 5.54 Å².